The van der Waals surface area contributed by atoms with E-state index in [-0.39, 0.29) is 31.4 Å². The monoisotopic (exact) mass is 283 g/mol. The van der Waals surface area contributed by atoms with Crippen LogP contribution in [0, 0.1) is 6.92 Å². The van der Waals surface area contributed by atoms with E-state index in [4.69, 9.17) is 5.11 Å². The molecule has 1 aromatic rings. The number of aryl methyl sites for hydroxylation is 1. The molecule has 0 aliphatic carbocycles. The summed E-state index contributed by atoms with van der Waals surface area (Å²) in [6.07, 6.45) is 1.68. The minimum Gasteiger partial charge on any atom is -0.396 e. The first kappa shape index (κ1) is 16.2. The number of aliphatic hydroxyl groups excluding tert-OH is 1. The molecule has 7 nitrogen and oxygen atoms in total. The summed E-state index contributed by atoms with van der Waals surface area (Å²) in [4.78, 5) is 39.1. The third-order valence-corrected chi connectivity index (χ3v) is 3.19. The molecule has 0 saturated carbocycles. The molecule has 1 rings (SSSR count). The van der Waals surface area contributed by atoms with Crippen molar-refractivity contribution in [2.45, 2.75) is 45.6 Å². The van der Waals surface area contributed by atoms with Crippen LogP contribution in [0.1, 0.15) is 37.4 Å². The zero-order valence-corrected chi connectivity index (χ0v) is 11.8. The maximum absolute atomic E-state index is 11.8. The SMILES string of the molecule is CCC(CCO)NC(=O)CCc1c(C)[nH]c(=O)[nH]c1=O. The van der Waals surface area contributed by atoms with Crippen molar-refractivity contribution in [1.82, 2.24) is 15.3 Å². The molecule has 7 heteroatoms. The van der Waals surface area contributed by atoms with Crippen LogP contribution in [0.5, 0.6) is 0 Å². The molecular weight excluding hydrogens is 262 g/mol. The zero-order valence-electron chi connectivity index (χ0n) is 11.8. The molecule has 4 N–H and O–H groups in total. The summed E-state index contributed by atoms with van der Waals surface area (Å²) in [5.41, 5.74) is -0.111. The van der Waals surface area contributed by atoms with E-state index < -0.39 is 11.2 Å². The number of aromatic nitrogens is 2. The van der Waals surface area contributed by atoms with Crippen LogP contribution in [0.3, 0.4) is 0 Å². The summed E-state index contributed by atoms with van der Waals surface area (Å²) in [7, 11) is 0. The van der Waals surface area contributed by atoms with Crippen molar-refractivity contribution in [2.24, 2.45) is 0 Å². The molecule has 112 valence electrons. The van der Waals surface area contributed by atoms with Gasteiger partial charge in [-0.05, 0) is 26.2 Å². The second-order valence-corrected chi connectivity index (χ2v) is 4.70. The van der Waals surface area contributed by atoms with Crippen LogP contribution in [0.15, 0.2) is 9.59 Å². The van der Waals surface area contributed by atoms with Gasteiger partial charge in [0.25, 0.3) is 5.56 Å². The molecular formula is C13H21N3O4. The molecule has 1 unspecified atom stereocenters. The molecule has 0 spiro atoms. The molecule has 0 aliphatic rings. The number of hydrogen-bond acceptors (Lipinski definition) is 4. The number of hydrogen-bond donors (Lipinski definition) is 4. The molecule has 0 aliphatic heterocycles. The number of carbonyl (C=O) groups is 1. The first-order valence-corrected chi connectivity index (χ1v) is 6.70. The summed E-state index contributed by atoms with van der Waals surface area (Å²) >= 11 is 0. The lowest BCUT2D eigenvalue weighted by molar-refractivity contribution is -0.121. The van der Waals surface area contributed by atoms with E-state index in [1.165, 1.54) is 0 Å². The molecule has 0 bridgehead atoms. The van der Waals surface area contributed by atoms with Crippen LogP contribution in [0.2, 0.25) is 0 Å². The maximum Gasteiger partial charge on any atom is 0.325 e. The first-order valence-electron chi connectivity index (χ1n) is 6.70. The Balaban J connectivity index is 2.61. The highest BCUT2D eigenvalue weighted by atomic mass is 16.3. The van der Waals surface area contributed by atoms with Gasteiger partial charge in [-0.2, -0.15) is 0 Å². The van der Waals surface area contributed by atoms with Crippen LogP contribution in [0.25, 0.3) is 0 Å². The van der Waals surface area contributed by atoms with Gasteiger partial charge >= 0.3 is 5.69 Å². The Morgan fingerprint density at radius 3 is 2.60 bits per heavy atom. The average molecular weight is 283 g/mol. The van der Waals surface area contributed by atoms with Crippen molar-refractivity contribution in [3.63, 3.8) is 0 Å². The average Bonchev–Trinajstić information content (AvgIpc) is 2.36. The number of carbonyl (C=O) groups excluding carboxylic acids is 1. The van der Waals surface area contributed by atoms with Gasteiger partial charge in [-0.15, -0.1) is 0 Å². The number of H-pyrrole nitrogens is 2. The van der Waals surface area contributed by atoms with Crippen molar-refractivity contribution < 1.29 is 9.90 Å². The molecule has 1 aromatic heterocycles. The van der Waals surface area contributed by atoms with Crippen molar-refractivity contribution >= 4 is 5.91 Å². The minimum atomic E-state index is -0.547. The van der Waals surface area contributed by atoms with E-state index in [1.807, 2.05) is 6.92 Å². The number of amides is 1. The Hall–Kier alpha value is -1.89. The van der Waals surface area contributed by atoms with Gasteiger partial charge in [0.1, 0.15) is 0 Å². The lowest BCUT2D eigenvalue weighted by Crippen LogP contribution is -2.35. The third kappa shape index (κ3) is 4.65. The first-order chi connectivity index (χ1) is 9.47. The van der Waals surface area contributed by atoms with Crippen LogP contribution in [0.4, 0.5) is 0 Å². The molecule has 0 radical (unpaired) electrons. The van der Waals surface area contributed by atoms with E-state index in [0.717, 1.165) is 6.42 Å². The van der Waals surface area contributed by atoms with Gasteiger partial charge in [0.2, 0.25) is 5.91 Å². The topological polar surface area (TPSA) is 115 Å². The van der Waals surface area contributed by atoms with Crippen molar-refractivity contribution in [1.29, 1.82) is 0 Å². The van der Waals surface area contributed by atoms with Crippen LogP contribution in [-0.2, 0) is 11.2 Å². The largest absolute Gasteiger partial charge is 0.396 e. The van der Waals surface area contributed by atoms with Gasteiger partial charge in [-0.3, -0.25) is 14.6 Å². The van der Waals surface area contributed by atoms with Gasteiger partial charge < -0.3 is 15.4 Å². The predicted octanol–water partition coefficient (Wildman–Crippen LogP) is -0.419. The fourth-order valence-corrected chi connectivity index (χ4v) is 2.00. The normalized spacial score (nSPS) is 12.2. The minimum absolute atomic E-state index is 0.0253. The van der Waals surface area contributed by atoms with E-state index in [0.29, 0.717) is 17.7 Å². The smallest absolute Gasteiger partial charge is 0.325 e. The Bertz CT molecular complexity index is 561. The van der Waals surface area contributed by atoms with E-state index in [1.54, 1.807) is 6.92 Å². The van der Waals surface area contributed by atoms with Gasteiger partial charge in [-0.1, -0.05) is 6.92 Å². The maximum atomic E-state index is 11.8. The molecule has 0 fully saturated rings. The fourth-order valence-electron chi connectivity index (χ4n) is 2.00. The summed E-state index contributed by atoms with van der Waals surface area (Å²) in [6, 6.07) is -0.0533. The van der Waals surface area contributed by atoms with Gasteiger partial charge in [0, 0.05) is 30.3 Å². The van der Waals surface area contributed by atoms with Crippen molar-refractivity contribution in [2.75, 3.05) is 6.61 Å². The summed E-state index contributed by atoms with van der Waals surface area (Å²) in [5.74, 6) is -0.171. The van der Waals surface area contributed by atoms with Gasteiger partial charge in [0.05, 0.1) is 0 Å². The van der Waals surface area contributed by atoms with Crippen LogP contribution in [-0.4, -0.2) is 33.6 Å². The van der Waals surface area contributed by atoms with Crippen molar-refractivity contribution in [3.05, 3.63) is 32.1 Å². The number of nitrogens with one attached hydrogen (secondary N) is 3. The van der Waals surface area contributed by atoms with Gasteiger partial charge in [0.15, 0.2) is 0 Å². The van der Waals surface area contributed by atoms with Gasteiger partial charge in [-0.25, -0.2) is 4.79 Å². The molecule has 0 aromatic carbocycles. The molecule has 1 atom stereocenters. The van der Waals surface area contributed by atoms with E-state index in [2.05, 4.69) is 15.3 Å². The molecule has 1 amide bonds. The Kier molecular flexibility index (Phi) is 6.17. The van der Waals surface area contributed by atoms with E-state index >= 15 is 0 Å². The molecule has 0 saturated heterocycles. The Morgan fingerprint density at radius 1 is 1.35 bits per heavy atom. The Labute approximate surface area is 116 Å². The highest BCUT2D eigenvalue weighted by Gasteiger charge is 2.12. The standard InChI is InChI=1S/C13H21N3O4/c1-3-9(6-7-17)15-11(18)5-4-10-8(2)14-13(20)16-12(10)19/h9,17H,3-7H2,1-2H3,(H,15,18)(H2,14,16,19,20). The number of aliphatic hydroxyl groups is 1. The Morgan fingerprint density at radius 2 is 2.05 bits per heavy atom. The summed E-state index contributed by atoms with van der Waals surface area (Å²) in [5, 5.41) is 11.7. The number of rotatable bonds is 7. The molecule has 1 heterocycles. The molecule has 20 heavy (non-hydrogen) atoms. The summed E-state index contributed by atoms with van der Waals surface area (Å²) < 4.78 is 0. The quantitative estimate of drug-likeness (QED) is 0.544. The lowest BCUT2D eigenvalue weighted by Gasteiger charge is -2.15. The second kappa shape index (κ2) is 7.64. The van der Waals surface area contributed by atoms with E-state index in [9.17, 15) is 14.4 Å². The second-order valence-electron chi connectivity index (χ2n) is 4.70. The highest BCUT2D eigenvalue weighted by molar-refractivity contribution is 5.76. The lowest BCUT2D eigenvalue weighted by atomic mass is 10.1. The highest BCUT2D eigenvalue weighted by Crippen LogP contribution is 2.02. The zero-order chi connectivity index (χ0) is 15.1. The summed E-state index contributed by atoms with van der Waals surface area (Å²) in [6.45, 7) is 3.58. The number of aromatic amines is 2. The fraction of sp³-hybridized carbons (Fsp3) is 0.615. The third-order valence-electron chi connectivity index (χ3n) is 3.19. The van der Waals surface area contributed by atoms with Crippen LogP contribution >= 0.6 is 0 Å². The van der Waals surface area contributed by atoms with Crippen LogP contribution < -0.4 is 16.6 Å². The van der Waals surface area contributed by atoms with Crippen molar-refractivity contribution in [3.8, 4) is 0 Å². The predicted molar refractivity (Wildman–Crippen MR) is 74.7 cm³/mol.